The summed E-state index contributed by atoms with van der Waals surface area (Å²) in [4.78, 5) is 15.2. The molecule has 0 aliphatic carbocycles. The topological polar surface area (TPSA) is 30.0 Å². The van der Waals surface area contributed by atoms with Gasteiger partial charge in [-0.15, -0.1) is 11.3 Å². The Labute approximate surface area is 86.2 Å². The number of hydrogen-bond donors (Lipinski definition) is 0. The van der Waals surface area contributed by atoms with Gasteiger partial charge in [-0.05, 0) is 6.92 Å². The fraction of sp³-hybridized carbons (Fsp3) is 0.0909. The van der Waals surface area contributed by atoms with Gasteiger partial charge in [0, 0.05) is 16.5 Å². The fourth-order valence-electron chi connectivity index (χ4n) is 1.23. The van der Waals surface area contributed by atoms with E-state index in [-0.39, 0.29) is 5.78 Å². The van der Waals surface area contributed by atoms with E-state index in [0.717, 1.165) is 16.8 Å². The molecule has 1 aromatic carbocycles. The van der Waals surface area contributed by atoms with Gasteiger partial charge in [-0.2, -0.15) is 0 Å². The second-order valence-electron chi connectivity index (χ2n) is 3.01. The zero-order valence-electron chi connectivity index (χ0n) is 7.73. The molecule has 14 heavy (non-hydrogen) atoms. The van der Waals surface area contributed by atoms with Crippen molar-refractivity contribution >= 4 is 17.1 Å². The smallest absolute Gasteiger partial charge is 0.159 e. The number of hydrogen-bond acceptors (Lipinski definition) is 3. The Balaban J connectivity index is 2.36. The first kappa shape index (κ1) is 9.09. The molecule has 2 rings (SSSR count). The molecule has 0 aliphatic heterocycles. The molecular formula is C11H9NOS. The lowest BCUT2D eigenvalue weighted by Crippen LogP contribution is -1.90. The highest BCUT2D eigenvalue weighted by molar-refractivity contribution is 7.07. The highest BCUT2D eigenvalue weighted by Gasteiger charge is 2.01. The van der Waals surface area contributed by atoms with Crippen LogP contribution in [0.2, 0.25) is 0 Å². The average molecular weight is 203 g/mol. The lowest BCUT2D eigenvalue weighted by molar-refractivity contribution is 0.101. The van der Waals surface area contributed by atoms with Crippen LogP contribution in [0.4, 0.5) is 0 Å². The van der Waals surface area contributed by atoms with Crippen molar-refractivity contribution in [3.63, 3.8) is 0 Å². The summed E-state index contributed by atoms with van der Waals surface area (Å²) >= 11 is 1.57. The van der Waals surface area contributed by atoms with Crippen LogP contribution in [0.5, 0.6) is 0 Å². The quantitative estimate of drug-likeness (QED) is 0.702. The molecule has 1 aromatic heterocycles. The summed E-state index contributed by atoms with van der Waals surface area (Å²) in [7, 11) is 0. The summed E-state index contributed by atoms with van der Waals surface area (Å²) < 4.78 is 0. The molecule has 0 N–H and O–H groups in total. The summed E-state index contributed by atoms with van der Waals surface area (Å²) in [5, 5.41) is 1.99. The van der Waals surface area contributed by atoms with Crippen molar-refractivity contribution in [2.24, 2.45) is 0 Å². The van der Waals surface area contributed by atoms with Crippen molar-refractivity contribution in [1.29, 1.82) is 0 Å². The van der Waals surface area contributed by atoms with Crippen molar-refractivity contribution in [3.8, 4) is 11.3 Å². The number of thiazole rings is 1. The summed E-state index contributed by atoms with van der Waals surface area (Å²) in [5.41, 5.74) is 4.55. The molecule has 0 bridgehead atoms. The average Bonchev–Trinajstić information content (AvgIpc) is 2.71. The van der Waals surface area contributed by atoms with Gasteiger partial charge in [0.2, 0.25) is 0 Å². The molecule has 0 atom stereocenters. The number of carbonyl (C=O) groups excluding carboxylic acids is 1. The monoisotopic (exact) mass is 203 g/mol. The first-order valence-corrected chi connectivity index (χ1v) is 5.21. The molecule has 0 radical (unpaired) electrons. The Bertz CT molecular complexity index is 431. The van der Waals surface area contributed by atoms with E-state index in [4.69, 9.17) is 0 Å². The molecule has 0 unspecified atom stereocenters. The van der Waals surface area contributed by atoms with Gasteiger partial charge in [-0.3, -0.25) is 4.79 Å². The van der Waals surface area contributed by atoms with Gasteiger partial charge in [0.05, 0.1) is 11.2 Å². The molecule has 0 spiro atoms. The Kier molecular flexibility index (Phi) is 2.41. The van der Waals surface area contributed by atoms with Gasteiger partial charge >= 0.3 is 0 Å². The maximum atomic E-state index is 11.0. The predicted octanol–water partition coefficient (Wildman–Crippen LogP) is 3.01. The van der Waals surface area contributed by atoms with Gasteiger partial charge in [0.1, 0.15) is 0 Å². The van der Waals surface area contributed by atoms with E-state index in [2.05, 4.69) is 4.98 Å². The van der Waals surface area contributed by atoms with Crippen LogP contribution in [0.25, 0.3) is 11.3 Å². The third kappa shape index (κ3) is 1.72. The van der Waals surface area contributed by atoms with E-state index < -0.39 is 0 Å². The normalized spacial score (nSPS) is 10.1. The standard InChI is InChI=1S/C11H9NOS/c1-8(13)9-2-4-10(5-3-9)11-6-14-7-12-11/h2-7H,1H3. The summed E-state index contributed by atoms with van der Waals surface area (Å²) in [6, 6.07) is 7.51. The molecule has 0 fully saturated rings. The van der Waals surface area contributed by atoms with Gasteiger partial charge in [0.15, 0.2) is 5.78 Å². The van der Waals surface area contributed by atoms with Crippen LogP contribution in [0.1, 0.15) is 17.3 Å². The molecular weight excluding hydrogens is 194 g/mol. The van der Waals surface area contributed by atoms with Crippen LogP contribution in [-0.4, -0.2) is 10.8 Å². The molecule has 3 heteroatoms. The molecule has 0 saturated carbocycles. The molecule has 2 nitrogen and oxygen atoms in total. The zero-order chi connectivity index (χ0) is 9.97. The zero-order valence-corrected chi connectivity index (χ0v) is 8.54. The van der Waals surface area contributed by atoms with Crippen molar-refractivity contribution in [2.45, 2.75) is 6.92 Å². The van der Waals surface area contributed by atoms with E-state index in [1.165, 1.54) is 0 Å². The van der Waals surface area contributed by atoms with E-state index in [1.54, 1.807) is 23.8 Å². The third-order valence-corrected chi connectivity index (χ3v) is 2.61. The number of benzene rings is 1. The summed E-state index contributed by atoms with van der Waals surface area (Å²) in [6.45, 7) is 1.57. The van der Waals surface area contributed by atoms with Crippen molar-refractivity contribution < 1.29 is 4.79 Å². The highest BCUT2D eigenvalue weighted by atomic mass is 32.1. The minimum Gasteiger partial charge on any atom is -0.295 e. The van der Waals surface area contributed by atoms with Crippen molar-refractivity contribution in [3.05, 3.63) is 40.7 Å². The first-order chi connectivity index (χ1) is 6.77. The summed E-state index contributed by atoms with van der Waals surface area (Å²) in [6.07, 6.45) is 0. The predicted molar refractivity (Wildman–Crippen MR) is 57.6 cm³/mol. The Morgan fingerprint density at radius 3 is 2.50 bits per heavy atom. The Morgan fingerprint density at radius 1 is 1.29 bits per heavy atom. The second-order valence-corrected chi connectivity index (χ2v) is 3.73. The van der Waals surface area contributed by atoms with Crippen LogP contribution in [-0.2, 0) is 0 Å². The van der Waals surface area contributed by atoms with Crippen LogP contribution in [0, 0.1) is 0 Å². The molecule has 1 heterocycles. The van der Waals surface area contributed by atoms with Gasteiger partial charge in [0.25, 0.3) is 0 Å². The summed E-state index contributed by atoms with van der Waals surface area (Å²) in [5.74, 6) is 0.0924. The van der Waals surface area contributed by atoms with Crippen LogP contribution in [0.3, 0.4) is 0 Å². The number of aromatic nitrogens is 1. The molecule has 70 valence electrons. The Morgan fingerprint density at radius 2 is 2.00 bits per heavy atom. The maximum Gasteiger partial charge on any atom is 0.159 e. The van der Waals surface area contributed by atoms with E-state index in [9.17, 15) is 4.79 Å². The largest absolute Gasteiger partial charge is 0.295 e. The maximum absolute atomic E-state index is 11.0. The van der Waals surface area contributed by atoms with Gasteiger partial charge < -0.3 is 0 Å². The van der Waals surface area contributed by atoms with Crippen molar-refractivity contribution in [1.82, 2.24) is 4.98 Å². The number of carbonyl (C=O) groups is 1. The Hall–Kier alpha value is -1.48. The molecule has 0 aliphatic rings. The lowest BCUT2D eigenvalue weighted by atomic mass is 10.1. The van der Waals surface area contributed by atoms with Gasteiger partial charge in [-0.1, -0.05) is 24.3 Å². The first-order valence-electron chi connectivity index (χ1n) is 4.27. The molecule has 2 aromatic rings. The van der Waals surface area contributed by atoms with Crippen LogP contribution in [0.15, 0.2) is 35.2 Å². The number of ketones is 1. The van der Waals surface area contributed by atoms with Gasteiger partial charge in [-0.25, -0.2) is 4.98 Å². The lowest BCUT2D eigenvalue weighted by Gasteiger charge is -1.98. The molecule has 0 amide bonds. The molecule has 0 saturated heterocycles. The van der Waals surface area contributed by atoms with E-state index in [0.29, 0.717) is 0 Å². The number of rotatable bonds is 2. The third-order valence-electron chi connectivity index (χ3n) is 2.02. The highest BCUT2D eigenvalue weighted by Crippen LogP contribution is 2.19. The minimum atomic E-state index is 0.0924. The number of nitrogens with zero attached hydrogens (tertiary/aromatic N) is 1. The SMILES string of the molecule is CC(=O)c1ccc(-c2cscn2)cc1. The van der Waals surface area contributed by atoms with Crippen LogP contribution >= 0.6 is 11.3 Å². The van der Waals surface area contributed by atoms with Crippen molar-refractivity contribution in [2.75, 3.05) is 0 Å². The number of Topliss-reactive ketones (excluding diaryl/α,β-unsaturated/α-hetero) is 1. The second kappa shape index (κ2) is 3.72. The van der Waals surface area contributed by atoms with Crippen LogP contribution < -0.4 is 0 Å². The fourth-order valence-corrected chi connectivity index (χ4v) is 1.79. The minimum absolute atomic E-state index is 0.0924. The van der Waals surface area contributed by atoms with E-state index in [1.807, 2.05) is 29.6 Å². The van der Waals surface area contributed by atoms with E-state index >= 15 is 0 Å².